The Morgan fingerprint density at radius 2 is 1.90 bits per heavy atom. The van der Waals surface area contributed by atoms with Crippen LogP contribution in [0.5, 0.6) is 0 Å². The van der Waals surface area contributed by atoms with Gasteiger partial charge in [0.05, 0.1) is 0 Å². The summed E-state index contributed by atoms with van der Waals surface area (Å²) in [5.41, 5.74) is 5.80. The molecule has 1 unspecified atom stereocenters. The van der Waals surface area contributed by atoms with E-state index >= 15 is 0 Å². The molecule has 1 atom stereocenters. The van der Waals surface area contributed by atoms with E-state index in [0.29, 0.717) is 0 Å². The maximum atomic E-state index is 11.6. The Hall–Kier alpha value is -2.57. The fraction of sp³-hybridized carbons (Fsp3) is 0.357. The van der Waals surface area contributed by atoms with Crippen LogP contribution in [-0.4, -0.2) is 30.5 Å². The predicted octanol–water partition coefficient (Wildman–Crippen LogP) is 0.293. The molecular weight excluding hydrogens is 274 g/mol. The van der Waals surface area contributed by atoms with Crippen LogP contribution >= 0.6 is 0 Å². The summed E-state index contributed by atoms with van der Waals surface area (Å²) in [6, 6.07) is 8.43. The molecule has 0 aliphatic rings. The number of amides is 3. The minimum Gasteiger partial charge on any atom is -0.445 e. The molecule has 0 bridgehead atoms. The number of benzene rings is 1. The van der Waals surface area contributed by atoms with Crippen LogP contribution in [0.3, 0.4) is 0 Å². The van der Waals surface area contributed by atoms with E-state index in [9.17, 15) is 14.4 Å². The van der Waals surface area contributed by atoms with Crippen LogP contribution in [0.25, 0.3) is 0 Å². The van der Waals surface area contributed by atoms with Crippen molar-refractivity contribution in [2.45, 2.75) is 26.0 Å². The lowest BCUT2D eigenvalue weighted by molar-refractivity contribution is -0.123. The molecule has 21 heavy (non-hydrogen) atoms. The van der Waals surface area contributed by atoms with Crippen LogP contribution in [0, 0.1) is 0 Å². The Labute approximate surface area is 122 Å². The quantitative estimate of drug-likeness (QED) is 0.671. The second-order valence-corrected chi connectivity index (χ2v) is 4.44. The topological polar surface area (TPSA) is 111 Å². The lowest BCUT2D eigenvalue weighted by Gasteiger charge is -2.14. The predicted molar refractivity (Wildman–Crippen MR) is 76.0 cm³/mol. The van der Waals surface area contributed by atoms with Gasteiger partial charge in [-0.3, -0.25) is 9.59 Å². The molecule has 1 rings (SSSR count). The number of carbonyl (C=O) groups excluding carboxylic acids is 3. The smallest absolute Gasteiger partial charge is 0.408 e. The highest BCUT2D eigenvalue weighted by Gasteiger charge is 2.15. The fourth-order valence-corrected chi connectivity index (χ4v) is 1.47. The van der Waals surface area contributed by atoms with Crippen LogP contribution in [0.4, 0.5) is 4.79 Å². The molecule has 114 valence electrons. The third-order valence-electron chi connectivity index (χ3n) is 2.61. The lowest BCUT2D eigenvalue weighted by atomic mass is 10.2. The van der Waals surface area contributed by atoms with Crippen molar-refractivity contribution in [2.75, 3.05) is 6.54 Å². The van der Waals surface area contributed by atoms with Gasteiger partial charge in [-0.2, -0.15) is 0 Å². The van der Waals surface area contributed by atoms with Gasteiger partial charge in [0, 0.05) is 13.0 Å². The summed E-state index contributed by atoms with van der Waals surface area (Å²) in [5.74, 6) is -0.911. The van der Waals surface area contributed by atoms with Gasteiger partial charge in [-0.25, -0.2) is 4.79 Å². The molecule has 1 aromatic carbocycles. The number of primary amides is 1. The van der Waals surface area contributed by atoms with Crippen molar-refractivity contribution in [3.05, 3.63) is 35.9 Å². The van der Waals surface area contributed by atoms with E-state index in [1.165, 1.54) is 6.92 Å². The van der Waals surface area contributed by atoms with Crippen molar-refractivity contribution in [2.24, 2.45) is 5.73 Å². The van der Waals surface area contributed by atoms with Crippen LogP contribution in [-0.2, 0) is 20.9 Å². The molecule has 0 radical (unpaired) electrons. The van der Waals surface area contributed by atoms with Crippen molar-refractivity contribution in [1.29, 1.82) is 0 Å². The number of ether oxygens (including phenoxy) is 1. The first kappa shape index (κ1) is 16.5. The monoisotopic (exact) mass is 293 g/mol. The van der Waals surface area contributed by atoms with Crippen molar-refractivity contribution < 1.29 is 19.1 Å². The average molecular weight is 293 g/mol. The Morgan fingerprint density at radius 3 is 2.52 bits per heavy atom. The summed E-state index contributed by atoms with van der Waals surface area (Å²) < 4.78 is 4.99. The Kier molecular flexibility index (Phi) is 6.73. The number of hydrogen-bond acceptors (Lipinski definition) is 4. The minimum atomic E-state index is -0.763. The van der Waals surface area contributed by atoms with Gasteiger partial charge in [-0.1, -0.05) is 30.3 Å². The first-order valence-corrected chi connectivity index (χ1v) is 6.52. The number of hydrogen-bond donors (Lipinski definition) is 3. The van der Waals surface area contributed by atoms with Gasteiger partial charge in [0.2, 0.25) is 11.8 Å². The second-order valence-electron chi connectivity index (χ2n) is 4.44. The number of nitrogens with two attached hydrogens (primary N) is 1. The highest BCUT2D eigenvalue weighted by Crippen LogP contribution is 2.00. The SMILES string of the molecule is CC(NC(=O)OCc1ccccc1)C(=O)NCCC(N)=O. The van der Waals surface area contributed by atoms with Gasteiger partial charge in [-0.05, 0) is 12.5 Å². The number of carbonyl (C=O) groups is 3. The van der Waals surface area contributed by atoms with Gasteiger partial charge in [0.15, 0.2) is 0 Å². The van der Waals surface area contributed by atoms with Crippen LogP contribution in [0.15, 0.2) is 30.3 Å². The zero-order valence-corrected chi connectivity index (χ0v) is 11.8. The van der Waals surface area contributed by atoms with E-state index in [1.807, 2.05) is 30.3 Å². The van der Waals surface area contributed by atoms with Crippen LogP contribution in [0.2, 0.25) is 0 Å². The van der Waals surface area contributed by atoms with E-state index in [1.54, 1.807) is 0 Å². The molecular formula is C14H19N3O4. The number of alkyl carbamates (subject to hydrolysis) is 1. The van der Waals surface area contributed by atoms with E-state index in [-0.39, 0.29) is 19.6 Å². The number of nitrogens with one attached hydrogen (secondary N) is 2. The zero-order chi connectivity index (χ0) is 15.7. The first-order valence-electron chi connectivity index (χ1n) is 6.52. The Morgan fingerprint density at radius 1 is 1.24 bits per heavy atom. The molecule has 0 saturated carbocycles. The molecule has 0 aliphatic carbocycles. The van der Waals surface area contributed by atoms with Crippen molar-refractivity contribution in [3.63, 3.8) is 0 Å². The van der Waals surface area contributed by atoms with E-state index in [4.69, 9.17) is 10.5 Å². The van der Waals surface area contributed by atoms with Gasteiger partial charge in [0.1, 0.15) is 12.6 Å². The highest BCUT2D eigenvalue weighted by molar-refractivity contribution is 5.85. The normalized spacial score (nSPS) is 11.3. The Bertz CT molecular complexity index is 490. The molecule has 7 heteroatoms. The first-order chi connectivity index (χ1) is 9.99. The molecule has 0 aromatic heterocycles. The van der Waals surface area contributed by atoms with Gasteiger partial charge >= 0.3 is 6.09 Å². The molecule has 0 heterocycles. The third kappa shape index (κ3) is 6.95. The fourth-order valence-electron chi connectivity index (χ4n) is 1.47. The molecule has 3 amide bonds. The molecule has 1 aromatic rings. The largest absolute Gasteiger partial charge is 0.445 e. The summed E-state index contributed by atoms with van der Waals surface area (Å²) >= 11 is 0. The molecule has 0 aliphatic heterocycles. The molecule has 4 N–H and O–H groups in total. The molecule has 0 saturated heterocycles. The molecule has 0 spiro atoms. The van der Waals surface area contributed by atoms with Crippen LogP contribution in [0.1, 0.15) is 18.9 Å². The lowest BCUT2D eigenvalue weighted by Crippen LogP contribution is -2.45. The van der Waals surface area contributed by atoms with Crippen LogP contribution < -0.4 is 16.4 Å². The third-order valence-corrected chi connectivity index (χ3v) is 2.61. The van der Waals surface area contributed by atoms with E-state index in [2.05, 4.69) is 10.6 Å². The summed E-state index contributed by atoms with van der Waals surface area (Å²) in [5, 5.41) is 4.88. The summed E-state index contributed by atoms with van der Waals surface area (Å²) in [6.07, 6.45) is -0.631. The second kappa shape index (κ2) is 8.57. The summed E-state index contributed by atoms with van der Waals surface area (Å²) in [4.78, 5) is 33.7. The van der Waals surface area contributed by atoms with E-state index in [0.717, 1.165) is 5.56 Å². The number of rotatable bonds is 7. The van der Waals surface area contributed by atoms with Gasteiger partial charge < -0.3 is 21.1 Å². The maximum Gasteiger partial charge on any atom is 0.408 e. The van der Waals surface area contributed by atoms with Crippen molar-refractivity contribution in [1.82, 2.24) is 10.6 Å². The van der Waals surface area contributed by atoms with E-state index < -0.39 is 23.9 Å². The van der Waals surface area contributed by atoms with Gasteiger partial charge in [-0.15, -0.1) is 0 Å². The summed E-state index contributed by atoms with van der Waals surface area (Å²) in [6.45, 7) is 1.78. The average Bonchev–Trinajstić information content (AvgIpc) is 2.45. The van der Waals surface area contributed by atoms with Crippen molar-refractivity contribution >= 4 is 17.9 Å². The molecule has 7 nitrogen and oxygen atoms in total. The standard InChI is InChI=1S/C14H19N3O4/c1-10(13(19)16-8-7-12(15)18)17-14(20)21-9-11-5-3-2-4-6-11/h2-6,10H,7-9H2,1H3,(H2,15,18)(H,16,19)(H,17,20). The summed E-state index contributed by atoms with van der Waals surface area (Å²) in [7, 11) is 0. The molecule has 0 fully saturated rings. The maximum absolute atomic E-state index is 11.6. The van der Waals surface area contributed by atoms with Crippen molar-refractivity contribution in [3.8, 4) is 0 Å². The zero-order valence-electron chi connectivity index (χ0n) is 11.8. The Balaban J connectivity index is 2.26. The highest BCUT2D eigenvalue weighted by atomic mass is 16.5. The minimum absolute atomic E-state index is 0.0525. The van der Waals surface area contributed by atoms with Gasteiger partial charge in [0.25, 0.3) is 0 Å².